The van der Waals surface area contributed by atoms with Gasteiger partial charge in [-0.2, -0.15) is 0 Å². The van der Waals surface area contributed by atoms with Gasteiger partial charge in [0.2, 0.25) is 0 Å². The van der Waals surface area contributed by atoms with E-state index < -0.39 is 5.97 Å². The third kappa shape index (κ3) is 4.23. The smallest absolute Gasteiger partial charge is 0.319 e. The molecule has 0 fully saturated rings. The number of hydrogen-bond donors (Lipinski definition) is 3. The summed E-state index contributed by atoms with van der Waals surface area (Å²) in [5.41, 5.74) is 5.65. The molecule has 1 atom stereocenters. The number of nitrogens with one attached hydrogen (secondary N) is 2. The molecule has 3 rings (SSSR count). The number of carboxylic acids is 1. The number of carboxylic acid groups (broad SMARTS) is 1. The van der Waals surface area contributed by atoms with Gasteiger partial charge in [0.05, 0.1) is 6.42 Å². The van der Waals surface area contributed by atoms with Crippen molar-refractivity contribution in [2.75, 3.05) is 5.32 Å². The summed E-state index contributed by atoms with van der Waals surface area (Å²) in [6.45, 7) is 4.01. The van der Waals surface area contributed by atoms with E-state index in [9.17, 15) is 9.59 Å². The number of amides is 2. The van der Waals surface area contributed by atoms with Crippen LogP contribution in [-0.4, -0.2) is 23.1 Å². The summed E-state index contributed by atoms with van der Waals surface area (Å²) in [6, 6.07) is 13.5. The minimum Gasteiger partial charge on any atom is -0.481 e. The molecular weight excluding hydrogens is 328 g/mol. The lowest BCUT2D eigenvalue weighted by molar-refractivity contribution is -0.137. The first kappa shape index (κ1) is 18.0. The van der Waals surface area contributed by atoms with Crippen LogP contribution in [0.15, 0.2) is 42.5 Å². The van der Waals surface area contributed by atoms with Gasteiger partial charge in [-0.25, -0.2) is 4.79 Å². The monoisotopic (exact) mass is 352 g/mol. The SMILES string of the molecule is CC(C)CC(CC(=O)O)NC(=O)Nc1ccc2c(c1)Cc1ccccc1-2. The molecule has 2 amide bonds. The summed E-state index contributed by atoms with van der Waals surface area (Å²) in [7, 11) is 0. The fourth-order valence-electron chi connectivity index (χ4n) is 3.55. The number of benzene rings is 2. The highest BCUT2D eigenvalue weighted by Crippen LogP contribution is 2.37. The van der Waals surface area contributed by atoms with Gasteiger partial charge in [-0.05, 0) is 53.1 Å². The van der Waals surface area contributed by atoms with E-state index in [1.807, 2.05) is 44.2 Å². The van der Waals surface area contributed by atoms with Gasteiger partial charge in [0, 0.05) is 11.7 Å². The molecule has 0 radical (unpaired) electrons. The predicted octanol–water partition coefficient (Wildman–Crippen LogP) is 4.27. The molecule has 0 aliphatic heterocycles. The van der Waals surface area contributed by atoms with Crippen molar-refractivity contribution >= 4 is 17.7 Å². The molecule has 0 spiro atoms. The van der Waals surface area contributed by atoms with Gasteiger partial charge in [-0.15, -0.1) is 0 Å². The van der Waals surface area contributed by atoms with E-state index in [0.717, 1.165) is 6.42 Å². The van der Waals surface area contributed by atoms with Crippen LogP contribution in [0.5, 0.6) is 0 Å². The zero-order chi connectivity index (χ0) is 18.7. The first-order chi connectivity index (χ1) is 12.4. The lowest BCUT2D eigenvalue weighted by Gasteiger charge is -2.19. The van der Waals surface area contributed by atoms with Crippen LogP contribution >= 0.6 is 0 Å². The Morgan fingerprint density at radius 1 is 1.08 bits per heavy atom. The Hall–Kier alpha value is -2.82. The Balaban J connectivity index is 1.66. The molecule has 1 aliphatic rings. The number of urea groups is 1. The molecule has 0 saturated heterocycles. The van der Waals surface area contributed by atoms with Crippen molar-refractivity contribution < 1.29 is 14.7 Å². The van der Waals surface area contributed by atoms with Crippen molar-refractivity contribution in [2.45, 2.75) is 39.2 Å². The van der Waals surface area contributed by atoms with Crippen LogP contribution in [0.1, 0.15) is 37.8 Å². The van der Waals surface area contributed by atoms with E-state index in [1.54, 1.807) is 0 Å². The van der Waals surface area contributed by atoms with Gasteiger partial charge in [0.1, 0.15) is 0 Å². The summed E-state index contributed by atoms with van der Waals surface area (Å²) in [6.07, 6.45) is 1.40. The fraction of sp³-hybridized carbons (Fsp3) is 0.333. The van der Waals surface area contributed by atoms with E-state index in [1.165, 1.54) is 22.3 Å². The molecule has 1 unspecified atom stereocenters. The maximum atomic E-state index is 12.3. The molecule has 0 aromatic heterocycles. The van der Waals surface area contributed by atoms with Gasteiger partial charge in [-0.3, -0.25) is 4.79 Å². The molecule has 0 saturated carbocycles. The zero-order valence-corrected chi connectivity index (χ0v) is 15.1. The minimum atomic E-state index is -0.911. The molecule has 1 aliphatic carbocycles. The Morgan fingerprint density at radius 3 is 2.54 bits per heavy atom. The van der Waals surface area contributed by atoms with E-state index in [-0.39, 0.29) is 18.5 Å². The number of aliphatic carboxylic acids is 1. The lowest BCUT2D eigenvalue weighted by Crippen LogP contribution is -2.40. The van der Waals surface area contributed by atoms with Gasteiger partial charge in [0.15, 0.2) is 0 Å². The Labute approximate surface area is 153 Å². The zero-order valence-electron chi connectivity index (χ0n) is 15.1. The average Bonchev–Trinajstić information content (AvgIpc) is 2.90. The van der Waals surface area contributed by atoms with Crippen LogP contribution in [0.2, 0.25) is 0 Å². The third-order valence-electron chi connectivity index (χ3n) is 4.56. The van der Waals surface area contributed by atoms with Gasteiger partial charge < -0.3 is 15.7 Å². The number of carbonyl (C=O) groups excluding carboxylic acids is 1. The minimum absolute atomic E-state index is 0.0783. The lowest BCUT2D eigenvalue weighted by atomic mass is 10.0. The molecule has 2 aromatic rings. The highest BCUT2D eigenvalue weighted by molar-refractivity contribution is 5.91. The van der Waals surface area contributed by atoms with Crippen molar-refractivity contribution in [1.82, 2.24) is 5.32 Å². The van der Waals surface area contributed by atoms with Crippen molar-refractivity contribution in [1.29, 1.82) is 0 Å². The second-order valence-corrected chi connectivity index (χ2v) is 7.23. The number of carbonyl (C=O) groups is 2. The summed E-state index contributed by atoms with van der Waals surface area (Å²) in [4.78, 5) is 23.3. The van der Waals surface area contributed by atoms with Crippen molar-refractivity contribution in [2.24, 2.45) is 5.92 Å². The van der Waals surface area contributed by atoms with Crippen LogP contribution in [0, 0.1) is 5.92 Å². The summed E-state index contributed by atoms with van der Waals surface area (Å²) in [5.74, 6) is -0.607. The molecule has 26 heavy (non-hydrogen) atoms. The normalized spacial score (nSPS) is 13.0. The van der Waals surface area contributed by atoms with Crippen LogP contribution < -0.4 is 10.6 Å². The largest absolute Gasteiger partial charge is 0.481 e. The maximum Gasteiger partial charge on any atom is 0.319 e. The van der Waals surface area contributed by atoms with E-state index in [2.05, 4.69) is 22.8 Å². The van der Waals surface area contributed by atoms with Crippen molar-refractivity contribution in [3.63, 3.8) is 0 Å². The van der Waals surface area contributed by atoms with Gasteiger partial charge in [0.25, 0.3) is 0 Å². The first-order valence-corrected chi connectivity index (χ1v) is 8.93. The van der Waals surface area contributed by atoms with Gasteiger partial charge in [-0.1, -0.05) is 44.2 Å². The van der Waals surface area contributed by atoms with E-state index >= 15 is 0 Å². The number of hydrogen-bond acceptors (Lipinski definition) is 2. The molecule has 3 N–H and O–H groups in total. The third-order valence-corrected chi connectivity index (χ3v) is 4.56. The highest BCUT2D eigenvalue weighted by atomic mass is 16.4. The molecule has 2 aromatic carbocycles. The quantitative estimate of drug-likeness (QED) is 0.620. The predicted molar refractivity (Wildman–Crippen MR) is 102 cm³/mol. The molecular formula is C21H24N2O3. The second kappa shape index (κ2) is 7.60. The van der Waals surface area contributed by atoms with E-state index in [4.69, 9.17) is 5.11 Å². The Kier molecular flexibility index (Phi) is 5.26. The molecule has 5 nitrogen and oxygen atoms in total. The molecule has 5 heteroatoms. The molecule has 0 bridgehead atoms. The second-order valence-electron chi connectivity index (χ2n) is 7.23. The van der Waals surface area contributed by atoms with Crippen molar-refractivity contribution in [3.05, 3.63) is 53.6 Å². The number of anilines is 1. The first-order valence-electron chi connectivity index (χ1n) is 8.93. The van der Waals surface area contributed by atoms with E-state index in [0.29, 0.717) is 18.0 Å². The van der Waals surface area contributed by atoms with Gasteiger partial charge >= 0.3 is 12.0 Å². The summed E-state index contributed by atoms with van der Waals surface area (Å²) >= 11 is 0. The highest BCUT2D eigenvalue weighted by Gasteiger charge is 2.20. The molecule has 136 valence electrons. The fourth-order valence-corrected chi connectivity index (χ4v) is 3.55. The topological polar surface area (TPSA) is 78.4 Å². The van der Waals surface area contributed by atoms with Crippen molar-refractivity contribution in [3.8, 4) is 11.1 Å². The average molecular weight is 352 g/mol. The number of rotatable bonds is 6. The summed E-state index contributed by atoms with van der Waals surface area (Å²) < 4.78 is 0. The maximum absolute atomic E-state index is 12.3. The van der Waals surface area contributed by atoms with Crippen LogP contribution in [-0.2, 0) is 11.2 Å². The molecule has 0 heterocycles. The van der Waals surface area contributed by atoms with Crippen LogP contribution in [0.3, 0.4) is 0 Å². The Bertz CT molecular complexity index is 830. The standard InChI is InChI=1S/C21H24N2O3/c1-13(2)9-17(12-20(24)25)23-21(26)22-16-7-8-19-15(11-16)10-14-5-3-4-6-18(14)19/h3-8,11,13,17H,9-10,12H2,1-2H3,(H,24,25)(H2,22,23,26). The van der Waals surface area contributed by atoms with Crippen LogP contribution in [0.25, 0.3) is 11.1 Å². The Morgan fingerprint density at radius 2 is 1.81 bits per heavy atom. The number of fused-ring (bicyclic) bond motifs is 3. The summed E-state index contributed by atoms with van der Waals surface area (Å²) in [5, 5.41) is 14.6. The van der Waals surface area contributed by atoms with Crippen LogP contribution in [0.4, 0.5) is 10.5 Å².